The average Bonchev–Trinajstić information content (AvgIpc) is 1.58. The zero-order valence-electron chi connectivity index (χ0n) is 7.27. The van der Waals surface area contributed by atoms with Gasteiger partial charge in [0.1, 0.15) is 0 Å². The van der Waals surface area contributed by atoms with Gasteiger partial charge in [-0.3, -0.25) is 4.90 Å². The third-order valence-electron chi connectivity index (χ3n) is 0.714. The summed E-state index contributed by atoms with van der Waals surface area (Å²) in [5, 5.41) is 1.52. The Labute approximate surface area is 82.4 Å². The molecule has 0 rings (SSSR count). The minimum atomic E-state index is -1.21. The van der Waals surface area contributed by atoms with E-state index in [4.69, 9.17) is 4.28 Å². The van der Waals surface area contributed by atoms with Crippen LogP contribution < -0.4 is 0 Å². The molecule has 0 saturated carbocycles. The van der Waals surface area contributed by atoms with Crippen LogP contribution in [0.3, 0.4) is 0 Å². The van der Waals surface area contributed by atoms with E-state index in [-0.39, 0.29) is 18.6 Å². The first-order valence-electron chi connectivity index (χ1n) is 2.90. The minimum Gasteiger partial charge on any atom is -0.295 e. The molecule has 0 N–H and O–H groups in total. The Balaban J connectivity index is 0. The molecule has 11 heavy (non-hydrogen) atoms. The smallest absolute Gasteiger partial charge is 0.170 e. The number of nitrogens with zero attached hydrogens (tertiary/aromatic N) is 2. The summed E-state index contributed by atoms with van der Waals surface area (Å²) in [6.07, 6.45) is 1.49. The number of hydroxylamine groups is 2. The molecule has 6 heteroatoms. The molecule has 4 nitrogen and oxygen atoms in total. The fourth-order valence-electron chi connectivity index (χ4n) is 0.601. The van der Waals surface area contributed by atoms with E-state index < -0.39 is 11.1 Å². The molecule has 0 aliphatic heterocycles. The third kappa shape index (κ3) is 10.6. The maximum Gasteiger partial charge on any atom is 0.170 e. The Morgan fingerprint density at radius 3 is 2.09 bits per heavy atom. The van der Waals surface area contributed by atoms with Crippen LogP contribution in [-0.2, 0) is 33.9 Å². The molecule has 0 bridgehead atoms. The van der Waals surface area contributed by atoms with Crippen molar-refractivity contribution in [1.82, 2.24) is 9.96 Å². The van der Waals surface area contributed by atoms with E-state index in [1.54, 1.807) is 7.05 Å². The number of hydrogen-bond acceptors (Lipinski definition) is 4. The first-order valence-corrected chi connectivity index (χ1v) is 4.38. The Morgan fingerprint density at radius 1 is 1.36 bits per heavy atom. The molecule has 0 fully saturated rings. The summed E-state index contributed by atoms with van der Waals surface area (Å²) in [6.45, 7) is 0.638. The molecule has 0 aromatic heterocycles. The van der Waals surface area contributed by atoms with Gasteiger partial charge in [0.05, 0.1) is 6.67 Å². The van der Waals surface area contributed by atoms with Crippen molar-refractivity contribution in [3.63, 3.8) is 0 Å². The van der Waals surface area contributed by atoms with Gasteiger partial charge in [-0.25, -0.2) is 4.21 Å². The van der Waals surface area contributed by atoms with Crippen LogP contribution in [0.1, 0.15) is 0 Å². The summed E-state index contributed by atoms with van der Waals surface area (Å²) in [4.78, 5) is 1.92. The first-order chi connectivity index (χ1) is 4.52. The summed E-state index contributed by atoms with van der Waals surface area (Å²) in [5.74, 6) is 0. The van der Waals surface area contributed by atoms with Gasteiger partial charge >= 0.3 is 0 Å². The minimum absolute atomic E-state index is 0. The van der Waals surface area contributed by atoms with Crippen molar-refractivity contribution in [2.24, 2.45) is 0 Å². The van der Waals surface area contributed by atoms with Crippen LogP contribution in [0.15, 0.2) is 0 Å². The van der Waals surface area contributed by atoms with Gasteiger partial charge in [0.25, 0.3) is 0 Å². The van der Waals surface area contributed by atoms with E-state index in [0.717, 1.165) is 0 Å². The van der Waals surface area contributed by atoms with E-state index in [1.807, 2.05) is 19.0 Å². The molecule has 1 unspecified atom stereocenters. The molecule has 0 amide bonds. The van der Waals surface area contributed by atoms with E-state index >= 15 is 0 Å². The van der Waals surface area contributed by atoms with Gasteiger partial charge in [0, 0.05) is 31.9 Å². The molecule has 0 aliphatic rings. The second kappa shape index (κ2) is 7.27. The molecule has 1 radical (unpaired) electrons. The Kier molecular flexibility index (Phi) is 9.36. The van der Waals surface area contributed by atoms with Crippen molar-refractivity contribution >= 4 is 11.1 Å². The van der Waals surface area contributed by atoms with Gasteiger partial charge in [-0.1, -0.05) is 0 Å². The van der Waals surface area contributed by atoms with Crippen molar-refractivity contribution in [3.05, 3.63) is 0 Å². The monoisotopic (exact) mass is 217 g/mol. The summed E-state index contributed by atoms with van der Waals surface area (Å²) in [6, 6.07) is 0. The van der Waals surface area contributed by atoms with E-state index in [0.29, 0.717) is 6.67 Å². The zero-order chi connectivity index (χ0) is 8.15. The molecule has 0 saturated heterocycles. The predicted molar refractivity (Wildman–Crippen MR) is 41.5 cm³/mol. The van der Waals surface area contributed by atoms with Crippen LogP contribution in [0.2, 0.25) is 0 Å². The Morgan fingerprint density at radius 2 is 1.82 bits per heavy atom. The van der Waals surface area contributed by atoms with Crippen molar-refractivity contribution in [1.29, 1.82) is 0 Å². The van der Waals surface area contributed by atoms with Gasteiger partial charge < -0.3 is 0 Å². The van der Waals surface area contributed by atoms with Crippen LogP contribution >= 0.6 is 0 Å². The van der Waals surface area contributed by atoms with Crippen molar-refractivity contribution in [2.45, 2.75) is 0 Å². The summed E-state index contributed by atoms with van der Waals surface area (Å²) in [5.41, 5.74) is 0. The molecular formula is C5H14N2O2SV. The molecule has 0 aromatic rings. The van der Waals surface area contributed by atoms with Gasteiger partial charge in [0.15, 0.2) is 11.1 Å². The van der Waals surface area contributed by atoms with E-state index in [9.17, 15) is 4.21 Å². The topological polar surface area (TPSA) is 32.8 Å². The quantitative estimate of drug-likeness (QED) is 0.476. The second-order valence-corrected chi connectivity index (χ2v) is 3.28. The predicted octanol–water partition coefficient (Wildman–Crippen LogP) is -0.340. The van der Waals surface area contributed by atoms with Crippen molar-refractivity contribution < 1.29 is 27.0 Å². The molecule has 0 heterocycles. The first kappa shape index (κ1) is 14.2. The van der Waals surface area contributed by atoms with Crippen molar-refractivity contribution in [3.8, 4) is 0 Å². The molecule has 1 atom stereocenters. The Bertz CT molecular complexity index is 123. The summed E-state index contributed by atoms with van der Waals surface area (Å²) >= 11 is -1.21. The number of rotatable bonds is 4. The molecule has 0 aromatic carbocycles. The molecule has 67 valence electrons. The van der Waals surface area contributed by atoms with Crippen molar-refractivity contribution in [2.75, 3.05) is 34.1 Å². The molecule has 0 spiro atoms. The van der Waals surface area contributed by atoms with Gasteiger partial charge in [-0.15, -0.1) is 0 Å². The fraction of sp³-hybridized carbons (Fsp3) is 1.00. The molecule has 0 aliphatic carbocycles. The van der Waals surface area contributed by atoms with Crippen LogP contribution in [-0.4, -0.2) is 48.2 Å². The SMILES string of the molecule is CN(C)CN(C)OS(C)=O.[V]. The van der Waals surface area contributed by atoms with Gasteiger partial charge in [-0.05, 0) is 14.1 Å². The summed E-state index contributed by atoms with van der Waals surface area (Å²) < 4.78 is 15.3. The van der Waals surface area contributed by atoms with Gasteiger partial charge in [-0.2, -0.15) is 9.35 Å². The van der Waals surface area contributed by atoms with Crippen LogP contribution in [0.25, 0.3) is 0 Å². The standard InChI is InChI=1S/C5H14N2O2S.V/c1-6(2)5-7(3)9-10(4)8;/h5H2,1-4H3;. The van der Waals surface area contributed by atoms with Gasteiger partial charge in [0.2, 0.25) is 0 Å². The number of hydrogen-bond donors (Lipinski definition) is 0. The van der Waals surface area contributed by atoms with Crippen LogP contribution in [0.4, 0.5) is 0 Å². The third-order valence-corrected chi connectivity index (χ3v) is 1.18. The maximum absolute atomic E-state index is 10.5. The maximum atomic E-state index is 10.5. The summed E-state index contributed by atoms with van der Waals surface area (Å²) in [7, 11) is 5.57. The second-order valence-electron chi connectivity index (χ2n) is 2.32. The largest absolute Gasteiger partial charge is 0.295 e. The Hall–Kier alpha value is 0.614. The zero-order valence-corrected chi connectivity index (χ0v) is 9.49. The average molecular weight is 217 g/mol. The van der Waals surface area contributed by atoms with Crippen LogP contribution in [0.5, 0.6) is 0 Å². The van der Waals surface area contributed by atoms with Crippen LogP contribution in [0, 0.1) is 0 Å². The molecular weight excluding hydrogens is 203 g/mol. The van der Waals surface area contributed by atoms with E-state index in [1.165, 1.54) is 11.3 Å². The normalized spacial score (nSPS) is 13.3. The fourth-order valence-corrected chi connectivity index (χ4v) is 1.01. The van der Waals surface area contributed by atoms with E-state index in [2.05, 4.69) is 0 Å².